The van der Waals surface area contributed by atoms with Gasteiger partial charge < -0.3 is 19.5 Å². The third kappa shape index (κ3) is 4.36. The average Bonchev–Trinajstić information content (AvgIpc) is 2.59. The number of rotatable bonds is 8. The van der Waals surface area contributed by atoms with Crippen LogP contribution in [0.4, 0.5) is 4.39 Å². The molecule has 0 saturated heterocycles. The Kier molecular flexibility index (Phi) is 6.23. The molecule has 0 heterocycles. The molecule has 0 saturated carbocycles. The van der Waals surface area contributed by atoms with Gasteiger partial charge in [0, 0.05) is 6.54 Å². The van der Waals surface area contributed by atoms with E-state index in [9.17, 15) is 4.39 Å². The van der Waals surface area contributed by atoms with Crippen molar-refractivity contribution in [3.8, 4) is 17.2 Å². The van der Waals surface area contributed by atoms with E-state index in [-0.39, 0.29) is 5.82 Å². The lowest BCUT2D eigenvalue weighted by Gasteiger charge is -2.14. The fourth-order valence-corrected chi connectivity index (χ4v) is 2.39. The number of hydrogen-bond donors (Lipinski definition) is 1. The first-order valence-electron chi connectivity index (χ1n) is 7.42. The fourth-order valence-electron chi connectivity index (χ4n) is 2.39. The summed E-state index contributed by atoms with van der Waals surface area (Å²) in [6.07, 6.45) is 0.636. The fraction of sp³-hybridized carbons (Fsp3) is 0.333. The number of nitrogens with one attached hydrogen (secondary N) is 1. The van der Waals surface area contributed by atoms with Crippen molar-refractivity contribution in [1.29, 1.82) is 0 Å². The Morgan fingerprint density at radius 3 is 2.17 bits per heavy atom. The van der Waals surface area contributed by atoms with Crippen LogP contribution in [0, 0.1) is 5.82 Å². The Balaban J connectivity index is 1.96. The second kappa shape index (κ2) is 8.39. The van der Waals surface area contributed by atoms with Gasteiger partial charge in [-0.1, -0.05) is 18.2 Å². The summed E-state index contributed by atoms with van der Waals surface area (Å²) in [6, 6.07) is 10.6. The molecule has 2 rings (SSSR count). The van der Waals surface area contributed by atoms with E-state index in [0.717, 1.165) is 5.56 Å². The van der Waals surface area contributed by atoms with Gasteiger partial charge in [-0.25, -0.2) is 4.39 Å². The molecule has 0 spiro atoms. The lowest BCUT2D eigenvalue weighted by Crippen LogP contribution is -2.17. The SMILES string of the molecule is COc1cc(CNCCc2ccccc2F)cc(OC)c1OC. The smallest absolute Gasteiger partial charge is 0.203 e. The zero-order chi connectivity index (χ0) is 16.7. The van der Waals surface area contributed by atoms with E-state index < -0.39 is 0 Å². The van der Waals surface area contributed by atoms with Crippen LogP contribution in [-0.4, -0.2) is 27.9 Å². The Morgan fingerprint density at radius 1 is 0.957 bits per heavy atom. The van der Waals surface area contributed by atoms with Crippen molar-refractivity contribution in [1.82, 2.24) is 5.32 Å². The Bertz CT molecular complexity index is 621. The molecule has 0 fully saturated rings. The quantitative estimate of drug-likeness (QED) is 0.759. The predicted octanol–water partition coefficient (Wildman–Crippen LogP) is 3.18. The summed E-state index contributed by atoms with van der Waals surface area (Å²) in [6.45, 7) is 1.31. The van der Waals surface area contributed by atoms with Crippen molar-refractivity contribution in [3.63, 3.8) is 0 Å². The minimum atomic E-state index is -0.165. The topological polar surface area (TPSA) is 39.7 Å². The molecule has 23 heavy (non-hydrogen) atoms. The summed E-state index contributed by atoms with van der Waals surface area (Å²) in [7, 11) is 4.76. The lowest BCUT2D eigenvalue weighted by atomic mass is 10.1. The van der Waals surface area contributed by atoms with Crippen LogP contribution in [0.25, 0.3) is 0 Å². The molecule has 0 amide bonds. The molecule has 2 aromatic carbocycles. The van der Waals surface area contributed by atoms with Gasteiger partial charge in [0.15, 0.2) is 11.5 Å². The van der Waals surface area contributed by atoms with Gasteiger partial charge in [-0.3, -0.25) is 0 Å². The number of halogens is 1. The first kappa shape index (κ1) is 17.1. The molecule has 0 radical (unpaired) electrons. The van der Waals surface area contributed by atoms with Crippen molar-refractivity contribution in [3.05, 3.63) is 53.3 Å². The minimum Gasteiger partial charge on any atom is -0.493 e. The molecule has 0 aliphatic rings. The average molecular weight is 319 g/mol. The maximum absolute atomic E-state index is 13.5. The van der Waals surface area contributed by atoms with Gasteiger partial charge in [-0.05, 0) is 42.3 Å². The molecule has 0 aliphatic heterocycles. The van der Waals surface area contributed by atoms with Gasteiger partial charge in [0.25, 0.3) is 0 Å². The Hall–Kier alpha value is -2.27. The molecule has 5 heteroatoms. The molecular weight excluding hydrogens is 297 g/mol. The second-order valence-electron chi connectivity index (χ2n) is 5.05. The van der Waals surface area contributed by atoms with Crippen LogP contribution < -0.4 is 19.5 Å². The molecule has 0 atom stereocenters. The molecular formula is C18H22FNO3. The normalized spacial score (nSPS) is 10.4. The number of ether oxygens (including phenoxy) is 3. The monoisotopic (exact) mass is 319 g/mol. The van der Waals surface area contributed by atoms with Gasteiger partial charge in [0.05, 0.1) is 21.3 Å². The lowest BCUT2D eigenvalue weighted by molar-refractivity contribution is 0.323. The first-order chi connectivity index (χ1) is 11.2. The molecule has 1 N–H and O–H groups in total. The highest BCUT2D eigenvalue weighted by Gasteiger charge is 2.12. The molecule has 0 aliphatic carbocycles. The standard InChI is InChI=1S/C18H22FNO3/c1-21-16-10-13(11-17(22-2)18(16)23-3)12-20-9-8-14-6-4-5-7-15(14)19/h4-7,10-11,20H,8-9,12H2,1-3H3. The van der Waals surface area contributed by atoms with Crippen LogP contribution in [0.3, 0.4) is 0 Å². The van der Waals surface area contributed by atoms with Gasteiger partial charge in [0.1, 0.15) is 5.82 Å². The third-order valence-corrected chi connectivity index (χ3v) is 3.58. The van der Waals surface area contributed by atoms with E-state index in [4.69, 9.17) is 14.2 Å². The molecule has 4 nitrogen and oxygen atoms in total. The summed E-state index contributed by atoms with van der Waals surface area (Å²) < 4.78 is 29.5. The molecule has 0 bridgehead atoms. The van der Waals surface area contributed by atoms with Crippen molar-refractivity contribution in [2.75, 3.05) is 27.9 Å². The predicted molar refractivity (Wildman–Crippen MR) is 87.9 cm³/mol. The zero-order valence-electron chi connectivity index (χ0n) is 13.7. The summed E-state index contributed by atoms with van der Waals surface area (Å²) >= 11 is 0. The third-order valence-electron chi connectivity index (χ3n) is 3.58. The molecule has 0 unspecified atom stereocenters. The van der Waals surface area contributed by atoms with Crippen molar-refractivity contribution in [2.45, 2.75) is 13.0 Å². The van der Waals surface area contributed by atoms with Gasteiger partial charge in [-0.2, -0.15) is 0 Å². The number of benzene rings is 2. The summed E-state index contributed by atoms with van der Waals surface area (Å²) in [4.78, 5) is 0. The van der Waals surface area contributed by atoms with E-state index >= 15 is 0 Å². The van der Waals surface area contributed by atoms with Crippen LogP contribution in [-0.2, 0) is 13.0 Å². The Labute approximate surface area is 136 Å². The van der Waals surface area contributed by atoms with E-state index in [2.05, 4.69) is 5.32 Å². The van der Waals surface area contributed by atoms with E-state index in [1.165, 1.54) is 6.07 Å². The van der Waals surface area contributed by atoms with Crippen LogP contribution >= 0.6 is 0 Å². The van der Waals surface area contributed by atoms with E-state index in [0.29, 0.717) is 42.3 Å². The Morgan fingerprint density at radius 2 is 1.61 bits per heavy atom. The van der Waals surface area contributed by atoms with Crippen LogP contribution in [0.5, 0.6) is 17.2 Å². The highest BCUT2D eigenvalue weighted by atomic mass is 19.1. The summed E-state index contributed by atoms with van der Waals surface area (Å²) in [5.41, 5.74) is 1.72. The van der Waals surface area contributed by atoms with E-state index in [1.807, 2.05) is 18.2 Å². The molecule has 124 valence electrons. The minimum absolute atomic E-state index is 0.165. The van der Waals surface area contributed by atoms with Crippen molar-refractivity contribution >= 4 is 0 Å². The van der Waals surface area contributed by atoms with Gasteiger partial charge in [-0.15, -0.1) is 0 Å². The maximum Gasteiger partial charge on any atom is 0.203 e. The summed E-state index contributed by atoms with van der Waals surface area (Å²) in [5, 5.41) is 3.30. The highest BCUT2D eigenvalue weighted by Crippen LogP contribution is 2.38. The van der Waals surface area contributed by atoms with Crippen LogP contribution in [0.2, 0.25) is 0 Å². The second-order valence-corrected chi connectivity index (χ2v) is 5.05. The molecule has 0 aromatic heterocycles. The highest BCUT2D eigenvalue weighted by molar-refractivity contribution is 5.53. The van der Waals surface area contributed by atoms with Crippen LogP contribution in [0.1, 0.15) is 11.1 Å². The number of methoxy groups -OCH3 is 3. The number of hydrogen-bond acceptors (Lipinski definition) is 4. The zero-order valence-corrected chi connectivity index (χ0v) is 13.7. The van der Waals surface area contributed by atoms with Gasteiger partial charge in [0.2, 0.25) is 5.75 Å². The van der Waals surface area contributed by atoms with Crippen molar-refractivity contribution in [2.24, 2.45) is 0 Å². The van der Waals surface area contributed by atoms with E-state index in [1.54, 1.807) is 33.5 Å². The maximum atomic E-state index is 13.5. The largest absolute Gasteiger partial charge is 0.493 e. The summed E-state index contributed by atoms with van der Waals surface area (Å²) in [5.74, 6) is 1.66. The van der Waals surface area contributed by atoms with Crippen LogP contribution in [0.15, 0.2) is 36.4 Å². The molecule has 2 aromatic rings. The van der Waals surface area contributed by atoms with Crippen molar-refractivity contribution < 1.29 is 18.6 Å². The van der Waals surface area contributed by atoms with Gasteiger partial charge >= 0.3 is 0 Å². The first-order valence-corrected chi connectivity index (χ1v) is 7.42.